The average Bonchev–Trinajstić information content (AvgIpc) is 2.99. The molecule has 0 spiro atoms. The first kappa shape index (κ1) is 24.5. The quantitative estimate of drug-likeness (QED) is 0.444. The van der Waals surface area contributed by atoms with Gasteiger partial charge in [-0.2, -0.15) is 0 Å². The number of fused-ring (bicyclic) bond motifs is 4. The van der Waals surface area contributed by atoms with Crippen LogP contribution in [-0.2, 0) is 0 Å². The second kappa shape index (κ2) is 7.98. The molecule has 32 heavy (non-hydrogen) atoms. The lowest BCUT2D eigenvalue weighted by Crippen LogP contribution is -2.58. The van der Waals surface area contributed by atoms with Crippen molar-refractivity contribution >= 4 is 0 Å². The van der Waals surface area contributed by atoms with Crippen molar-refractivity contribution in [2.75, 3.05) is 0 Å². The molecule has 0 bridgehead atoms. The fourth-order valence-electron chi connectivity index (χ4n) is 9.47. The van der Waals surface area contributed by atoms with Crippen molar-refractivity contribution in [1.82, 2.24) is 0 Å². The highest BCUT2D eigenvalue weighted by Gasteiger charge is 2.66. The summed E-state index contributed by atoms with van der Waals surface area (Å²) in [7, 11) is 0. The normalized spacial score (nSPS) is 46.2. The molecule has 0 aromatic heterocycles. The van der Waals surface area contributed by atoms with Gasteiger partial charge in [0.05, 0.1) is 12.2 Å². The lowest BCUT2D eigenvalue weighted by molar-refractivity contribution is -0.115. The van der Waals surface area contributed by atoms with E-state index in [0.29, 0.717) is 17.8 Å². The SMILES string of the molecule is CC(C)=CCC[C@@H](C)[C@H]1CC[C@@]2(C)C3=C(C[C@@H](O)[C@]12C)[C@@]1(C)CC[C@@H](O)C(C)(C)[C@@H]1CC3. The molecule has 0 saturated heterocycles. The molecule has 4 aliphatic rings. The predicted molar refractivity (Wildman–Crippen MR) is 134 cm³/mol. The molecule has 0 radical (unpaired) electrons. The zero-order chi connectivity index (χ0) is 23.7. The molecular weight excluding hydrogens is 392 g/mol. The van der Waals surface area contributed by atoms with Crippen LogP contribution >= 0.6 is 0 Å². The van der Waals surface area contributed by atoms with Gasteiger partial charge in [0.25, 0.3) is 0 Å². The van der Waals surface area contributed by atoms with E-state index >= 15 is 0 Å². The van der Waals surface area contributed by atoms with Crippen molar-refractivity contribution in [3.8, 4) is 0 Å². The Kier molecular flexibility index (Phi) is 6.11. The molecule has 0 amide bonds. The molecule has 8 atom stereocenters. The highest BCUT2D eigenvalue weighted by molar-refractivity contribution is 5.40. The molecule has 182 valence electrons. The van der Waals surface area contributed by atoms with Crippen LogP contribution in [-0.4, -0.2) is 22.4 Å². The number of hydrogen-bond donors (Lipinski definition) is 2. The molecule has 0 aromatic carbocycles. The van der Waals surface area contributed by atoms with Crippen LogP contribution in [0.15, 0.2) is 22.8 Å². The fourth-order valence-corrected chi connectivity index (χ4v) is 9.47. The molecule has 2 fully saturated rings. The maximum atomic E-state index is 11.9. The van der Waals surface area contributed by atoms with Crippen LogP contribution in [0.2, 0.25) is 0 Å². The minimum absolute atomic E-state index is 0.0247. The Morgan fingerprint density at radius 2 is 1.66 bits per heavy atom. The smallest absolute Gasteiger partial charge is 0.0642 e. The van der Waals surface area contributed by atoms with Crippen molar-refractivity contribution < 1.29 is 10.2 Å². The van der Waals surface area contributed by atoms with E-state index in [0.717, 1.165) is 25.7 Å². The molecule has 2 heteroatoms. The summed E-state index contributed by atoms with van der Waals surface area (Å²) in [6, 6.07) is 0. The number of allylic oxidation sites excluding steroid dienone is 3. The largest absolute Gasteiger partial charge is 0.393 e. The highest BCUT2D eigenvalue weighted by atomic mass is 16.3. The number of aliphatic hydroxyl groups excluding tert-OH is 2. The van der Waals surface area contributed by atoms with Crippen LogP contribution in [0.5, 0.6) is 0 Å². The maximum absolute atomic E-state index is 11.9. The summed E-state index contributed by atoms with van der Waals surface area (Å²) in [6.07, 6.45) is 12.0. The molecule has 4 aliphatic carbocycles. The van der Waals surface area contributed by atoms with Crippen LogP contribution in [0.4, 0.5) is 0 Å². The van der Waals surface area contributed by atoms with E-state index in [4.69, 9.17) is 0 Å². The van der Waals surface area contributed by atoms with Crippen LogP contribution in [0.25, 0.3) is 0 Å². The topological polar surface area (TPSA) is 40.5 Å². The molecule has 0 heterocycles. The molecule has 0 unspecified atom stereocenters. The number of hydrogen-bond acceptors (Lipinski definition) is 2. The lowest BCUT2D eigenvalue weighted by atomic mass is 9.42. The van der Waals surface area contributed by atoms with Gasteiger partial charge in [-0.05, 0) is 106 Å². The van der Waals surface area contributed by atoms with Gasteiger partial charge in [0.1, 0.15) is 0 Å². The van der Waals surface area contributed by atoms with Gasteiger partial charge in [0, 0.05) is 5.41 Å². The minimum atomic E-state index is -0.254. The Morgan fingerprint density at radius 1 is 0.969 bits per heavy atom. The Bertz CT molecular complexity index is 802. The van der Waals surface area contributed by atoms with Crippen molar-refractivity contribution in [2.45, 2.75) is 125 Å². The van der Waals surface area contributed by atoms with Crippen molar-refractivity contribution in [2.24, 2.45) is 39.4 Å². The van der Waals surface area contributed by atoms with Gasteiger partial charge in [-0.15, -0.1) is 0 Å². The highest BCUT2D eigenvalue weighted by Crippen LogP contribution is 2.72. The summed E-state index contributed by atoms with van der Waals surface area (Å²) in [4.78, 5) is 0. The molecule has 2 N–H and O–H groups in total. The van der Waals surface area contributed by atoms with Gasteiger partial charge in [-0.25, -0.2) is 0 Å². The lowest BCUT2D eigenvalue weighted by Gasteiger charge is -2.63. The van der Waals surface area contributed by atoms with Gasteiger partial charge >= 0.3 is 0 Å². The summed E-state index contributed by atoms with van der Waals surface area (Å²) >= 11 is 0. The van der Waals surface area contributed by atoms with Gasteiger partial charge in [-0.3, -0.25) is 0 Å². The Labute approximate surface area is 198 Å². The zero-order valence-corrected chi connectivity index (χ0v) is 22.2. The monoisotopic (exact) mass is 442 g/mol. The van der Waals surface area contributed by atoms with E-state index in [9.17, 15) is 10.2 Å². The van der Waals surface area contributed by atoms with E-state index < -0.39 is 0 Å². The van der Waals surface area contributed by atoms with Gasteiger partial charge in [-0.1, -0.05) is 64.3 Å². The zero-order valence-electron chi connectivity index (χ0n) is 22.2. The van der Waals surface area contributed by atoms with Crippen LogP contribution in [0, 0.1) is 39.4 Å². The van der Waals surface area contributed by atoms with Crippen molar-refractivity contribution in [3.63, 3.8) is 0 Å². The third-order valence-electron chi connectivity index (χ3n) is 11.7. The van der Waals surface area contributed by atoms with Crippen molar-refractivity contribution in [3.05, 3.63) is 22.8 Å². The molecule has 2 saturated carbocycles. The minimum Gasteiger partial charge on any atom is -0.393 e. The summed E-state index contributed by atoms with van der Waals surface area (Å²) in [5, 5.41) is 22.7. The van der Waals surface area contributed by atoms with E-state index in [1.54, 1.807) is 11.1 Å². The second-order valence-electron chi connectivity index (χ2n) is 13.7. The molecular formula is C30H50O2. The van der Waals surface area contributed by atoms with Gasteiger partial charge in [0.15, 0.2) is 0 Å². The summed E-state index contributed by atoms with van der Waals surface area (Å²) in [5.41, 5.74) is 4.91. The summed E-state index contributed by atoms with van der Waals surface area (Å²) in [6.45, 7) is 18.8. The first-order chi connectivity index (χ1) is 14.8. The number of rotatable bonds is 4. The van der Waals surface area contributed by atoms with Gasteiger partial charge < -0.3 is 10.2 Å². The molecule has 2 nitrogen and oxygen atoms in total. The third-order valence-corrected chi connectivity index (χ3v) is 11.7. The molecule has 0 aliphatic heterocycles. The standard InChI is InChI=1S/C30H50O2/c1-19(2)10-9-11-20(3)21-14-17-29(7)22-12-13-24-27(4,5)25(31)15-16-28(24,6)23(22)18-26(32)30(21,29)8/h10,20-21,24-26,31-32H,9,11-18H2,1-8H3/t20-,21-,24+,25-,26-,28-,29+,30+/m1/s1. The molecule has 0 aromatic rings. The van der Waals surface area contributed by atoms with E-state index in [-0.39, 0.29) is 33.9 Å². The maximum Gasteiger partial charge on any atom is 0.0642 e. The van der Waals surface area contributed by atoms with Crippen LogP contribution in [0.1, 0.15) is 113 Å². The first-order valence-corrected chi connectivity index (χ1v) is 13.5. The molecule has 4 rings (SSSR count). The Morgan fingerprint density at radius 3 is 2.31 bits per heavy atom. The Hall–Kier alpha value is -0.600. The fraction of sp³-hybridized carbons (Fsp3) is 0.867. The number of aliphatic hydroxyl groups is 2. The average molecular weight is 443 g/mol. The van der Waals surface area contributed by atoms with E-state index in [2.05, 4.69) is 61.5 Å². The summed E-state index contributed by atoms with van der Waals surface area (Å²) < 4.78 is 0. The van der Waals surface area contributed by atoms with Gasteiger partial charge in [0.2, 0.25) is 0 Å². The van der Waals surface area contributed by atoms with Crippen LogP contribution in [0.3, 0.4) is 0 Å². The second-order valence-corrected chi connectivity index (χ2v) is 13.7. The van der Waals surface area contributed by atoms with E-state index in [1.807, 2.05) is 0 Å². The summed E-state index contributed by atoms with van der Waals surface area (Å²) in [5.74, 6) is 1.75. The van der Waals surface area contributed by atoms with E-state index in [1.165, 1.54) is 37.7 Å². The van der Waals surface area contributed by atoms with Crippen molar-refractivity contribution in [1.29, 1.82) is 0 Å². The Balaban J connectivity index is 1.70. The predicted octanol–water partition coefficient (Wildman–Crippen LogP) is 7.45. The third kappa shape index (κ3) is 3.25. The first-order valence-electron chi connectivity index (χ1n) is 13.5. The van der Waals surface area contributed by atoms with Crippen LogP contribution < -0.4 is 0 Å².